The van der Waals surface area contributed by atoms with Crippen LogP contribution in [-0.2, 0) is 15.4 Å². The summed E-state index contributed by atoms with van der Waals surface area (Å²) >= 11 is 7.31. The molecular weight excluding hydrogens is 474 g/mol. The molecule has 1 fully saturated rings. The Labute approximate surface area is 195 Å². The number of nitrogens with one attached hydrogen (secondary N) is 1. The number of benzene rings is 2. The van der Waals surface area contributed by atoms with Crippen molar-refractivity contribution in [2.45, 2.75) is 29.0 Å². The van der Waals surface area contributed by atoms with Gasteiger partial charge in [0.25, 0.3) is 0 Å². The van der Waals surface area contributed by atoms with E-state index in [1.54, 1.807) is 19.2 Å². The Hall–Kier alpha value is -2.59. The van der Waals surface area contributed by atoms with Crippen molar-refractivity contribution in [1.29, 1.82) is 0 Å². The van der Waals surface area contributed by atoms with Gasteiger partial charge in [-0.15, -0.1) is 11.3 Å². The van der Waals surface area contributed by atoms with Gasteiger partial charge in [0.1, 0.15) is 9.96 Å². The molecule has 10 heteroatoms. The summed E-state index contributed by atoms with van der Waals surface area (Å²) in [6.45, 7) is 2.09. The van der Waals surface area contributed by atoms with Crippen molar-refractivity contribution in [3.63, 3.8) is 0 Å². The second-order valence-electron chi connectivity index (χ2n) is 7.41. The third-order valence-electron chi connectivity index (χ3n) is 5.25. The van der Waals surface area contributed by atoms with Crippen molar-refractivity contribution >= 4 is 39.1 Å². The first-order chi connectivity index (χ1) is 15.1. The number of hydrogen-bond acceptors (Lipinski definition) is 5. The van der Waals surface area contributed by atoms with Crippen LogP contribution in [0.1, 0.15) is 18.9 Å². The van der Waals surface area contributed by atoms with Gasteiger partial charge >= 0.3 is 6.16 Å². The summed E-state index contributed by atoms with van der Waals surface area (Å²) in [7, 11) is -2.02. The molecule has 32 heavy (non-hydrogen) atoms. The third kappa shape index (κ3) is 5.42. The summed E-state index contributed by atoms with van der Waals surface area (Å²) in [4.78, 5) is 9.40. The molecule has 0 spiro atoms. The van der Waals surface area contributed by atoms with Crippen LogP contribution in [0.2, 0.25) is 5.02 Å². The monoisotopic (exact) mass is 495 g/mol. The van der Waals surface area contributed by atoms with E-state index in [4.69, 9.17) is 31.3 Å². The quantitative estimate of drug-likeness (QED) is 0.427. The van der Waals surface area contributed by atoms with Crippen LogP contribution in [0.25, 0.3) is 10.4 Å². The number of methoxy groups -OCH3 is 1. The van der Waals surface area contributed by atoms with Gasteiger partial charge < -0.3 is 14.9 Å². The van der Waals surface area contributed by atoms with Crippen molar-refractivity contribution < 1.29 is 28.2 Å². The average Bonchev–Trinajstić information content (AvgIpc) is 3.15. The number of sulfonamides is 1. The van der Waals surface area contributed by atoms with Crippen molar-refractivity contribution in [2.24, 2.45) is 0 Å². The number of rotatable bonds is 6. The topological polar surface area (TPSA) is 113 Å². The molecule has 7 nitrogen and oxygen atoms in total. The molecule has 1 aromatic heterocycles. The van der Waals surface area contributed by atoms with Gasteiger partial charge in [-0.1, -0.05) is 54.9 Å². The van der Waals surface area contributed by atoms with Crippen molar-refractivity contribution in [2.75, 3.05) is 7.11 Å². The molecule has 4 rings (SSSR count). The Morgan fingerprint density at radius 1 is 1.16 bits per heavy atom. The highest BCUT2D eigenvalue weighted by molar-refractivity contribution is 7.91. The van der Waals surface area contributed by atoms with E-state index in [1.165, 1.54) is 11.3 Å². The van der Waals surface area contributed by atoms with Crippen LogP contribution in [0, 0.1) is 0 Å². The number of hydrogen-bond donors (Lipinski definition) is 3. The van der Waals surface area contributed by atoms with Gasteiger partial charge in [-0.3, -0.25) is 0 Å². The molecule has 170 valence electrons. The fraction of sp³-hybridized carbons (Fsp3) is 0.227. The highest BCUT2D eigenvalue weighted by atomic mass is 35.5. The molecule has 0 unspecified atom stereocenters. The molecule has 1 saturated carbocycles. The van der Waals surface area contributed by atoms with E-state index in [0.29, 0.717) is 15.0 Å². The van der Waals surface area contributed by atoms with Crippen molar-refractivity contribution in [3.05, 3.63) is 71.2 Å². The van der Waals surface area contributed by atoms with Gasteiger partial charge in [-0.25, -0.2) is 17.9 Å². The lowest BCUT2D eigenvalue weighted by Crippen LogP contribution is -2.29. The van der Waals surface area contributed by atoms with E-state index < -0.39 is 16.2 Å². The molecule has 1 aliphatic rings. The van der Waals surface area contributed by atoms with Crippen LogP contribution in [0.4, 0.5) is 4.79 Å². The lowest BCUT2D eigenvalue weighted by Gasteiger charge is -2.12. The zero-order valence-corrected chi connectivity index (χ0v) is 19.7. The first kappa shape index (κ1) is 24.1. The highest BCUT2D eigenvalue weighted by Gasteiger charge is 2.53. The van der Waals surface area contributed by atoms with E-state index in [9.17, 15) is 8.42 Å². The van der Waals surface area contributed by atoms with Gasteiger partial charge in [0.05, 0.1) is 12.1 Å². The lowest BCUT2D eigenvalue weighted by atomic mass is 9.98. The molecule has 3 aromatic rings. The lowest BCUT2D eigenvalue weighted by molar-refractivity contribution is 0.137. The van der Waals surface area contributed by atoms with Crippen molar-refractivity contribution in [1.82, 2.24) is 4.72 Å². The molecule has 2 aromatic carbocycles. The van der Waals surface area contributed by atoms with Gasteiger partial charge in [0, 0.05) is 16.3 Å². The third-order valence-corrected chi connectivity index (χ3v) is 8.66. The molecule has 0 bridgehead atoms. The number of carbonyl (C=O) groups is 1. The normalized spacial score (nSPS) is 19.5. The van der Waals surface area contributed by atoms with Gasteiger partial charge in [-0.2, -0.15) is 0 Å². The molecule has 0 aliphatic heterocycles. The zero-order valence-electron chi connectivity index (χ0n) is 17.3. The maximum atomic E-state index is 12.9. The first-order valence-electron chi connectivity index (χ1n) is 9.50. The average molecular weight is 496 g/mol. The van der Waals surface area contributed by atoms with E-state index in [-0.39, 0.29) is 11.5 Å². The van der Waals surface area contributed by atoms with Crippen molar-refractivity contribution in [3.8, 4) is 16.2 Å². The van der Waals surface area contributed by atoms with Gasteiger partial charge in [0.15, 0.2) is 0 Å². The Bertz CT molecular complexity index is 1210. The Morgan fingerprint density at radius 2 is 1.81 bits per heavy atom. The predicted octanol–water partition coefficient (Wildman–Crippen LogP) is 5.31. The molecule has 0 saturated heterocycles. The number of carboxylic acid groups (broad SMARTS) is 2. The van der Waals surface area contributed by atoms with Crippen LogP contribution >= 0.6 is 22.9 Å². The maximum Gasteiger partial charge on any atom is 0.503 e. The molecule has 1 aliphatic carbocycles. The molecule has 0 amide bonds. The van der Waals surface area contributed by atoms with Crippen LogP contribution in [0.15, 0.2) is 64.9 Å². The summed E-state index contributed by atoms with van der Waals surface area (Å²) in [6.07, 6.45) is -1.04. The minimum Gasteiger partial charge on any atom is -0.495 e. The van der Waals surface area contributed by atoms with Crippen LogP contribution < -0.4 is 9.46 Å². The largest absolute Gasteiger partial charge is 0.503 e. The smallest absolute Gasteiger partial charge is 0.495 e. The molecule has 0 radical (unpaired) electrons. The Morgan fingerprint density at radius 3 is 2.44 bits per heavy atom. The van der Waals surface area contributed by atoms with Crippen LogP contribution in [0.5, 0.6) is 5.75 Å². The Kier molecular flexibility index (Phi) is 7.14. The summed E-state index contributed by atoms with van der Waals surface area (Å²) in [6, 6.07) is 18.8. The minimum absolute atomic E-state index is 0.0962. The fourth-order valence-corrected chi connectivity index (χ4v) is 6.22. The van der Waals surface area contributed by atoms with Gasteiger partial charge in [0.2, 0.25) is 10.0 Å². The molecule has 1 heterocycles. The standard InChI is InChI=1S/C21H20ClNO3S2.CH2O3/c1-21(15-6-4-3-5-7-15)13-19(21)23-28(24,25)20-11-10-18(27-20)14-8-9-16(22)17(12-14)26-2;2-1(3)4/h3-12,19,23H,13H2,1-2H3;(H2,2,3,4)/t19-,21+;/m0./s1. The SMILES string of the molecule is COc1cc(-c2ccc(S(=O)(=O)N[C@H]3C[C@]3(C)c3ccccc3)s2)ccc1Cl.O=C(O)O. The van der Waals surface area contributed by atoms with E-state index >= 15 is 0 Å². The summed E-state index contributed by atoms with van der Waals surface area (Å²) in [5.41, 5.74) is 1.87. The summed E-state index contributed by atoms with van der Waals surface area (Å²) < 4.78 is 34.2. The molecule has 3 N–H and O–H groups in total. The van der Waals surface area contributed by atoms with E-state index in [1.807, 2.05) is 48.5 Å². The number of ether oxygens (including phenoxy) is 1. The molecule has 2 atom stereocenters. The number of thiophene rings is 1. The second-order valence-corrected chi connectivity index (χ2v) is 10.8. The summed E-state index contributed by atoms with van der Waals surface area (Å²) in [5.74, 6) is 0.562. The highest BCUT2D eigenvalue weighted by Crippen LogP contribution is 2.48. The Balaban J connectivity index is 0.000000668. The predicted molar refractivity (Wildman–Crippen MR) is 124 cm³/mol. The van der Waals surface area contributed by atoms with E-state index in [2.05, 4.69) is 11.6 Å². The van der Waals surface area contributed by atoms with E-state index in [0.717, 1.165) is 22.4 Å². The fourth-order valence-electron chi connectivity index (χ4n) is 3.35. The maximum absolute atomic E-state index is 12.9. The minimum atomic E-state index is -3.58. The van der Waals surface area contributed by atoms with Gasteiger partial charge in [-0.05, 0) is 41.8 Å². The summed E-state index contributed by atoms with van der Waals surface area (Å²) in [5, 5.41) is 14.5. The molecular formula is C22H22ClNO6S2. The van der Waals surface area contributed by atoms with Crippen LogP contribution in [-0.4, -0.2) is 37.9 Å². The first-order valence-corrected chi connectivity index (χ1v) is 12.2. The zero-order chi connectivity index (χ0) is 23.5. The van der Waals surface area contributed by atoms with Crippen LogP contribution in [0.3, 0.4) is 0 Å². The number of halogens is 1. The second kappa shape index (κ2) is 9.50.